The Balaban J connectivity index is 0.000000286. The van der Waals surface area contributed by atoms with Crippen molar-refractivity contribution in [1.29, 1.82) is 0 Å². The van der Waals surface area contributed by atoms with Crippen LogP contribution in [0.4, 0.5) is 31.5 Å². The van der Waals surface area contributed by atoms with Gasteiger partial charge in [-0.05, 0) is 31.0 Å². The molecule has 2 aromatic heterocycles. The van der Waals surface area contributed by atoms with Crippen molar-refractivity contribution in [1.82, 2.24) is 15.2 Å². The van der Waals surface area contributed by atoms with E-state index in [4.69, 9.17) is 29.3 Å². The highest BCUT2D eigenvalue weighted by Crippen LogP contribution is 2.42. The number of hydrogen-bond acceptors (Lipinski definition) is 9. The van der Waals surface area contributed by atoms with Gasteiger partial charge in [-0.15, -0.1) is 10.2 Å². The average molecular weight is 560 g/mol. The SMILES string of the molecule is Cc1nnc(N2CC3(C2)OCCC3COCc2ccncc2)s1.O=C(O)C(F)(F)F.O=C(O)C(F)(F)F. The molecule has 1 unspecified atom stereocenters. The first kappa shape index (κ1) is 30.2. The highest BCUT2D eigenvalue weighted by atomic mass is 32.1. The highest BCUT2D eigenvalue weighted by molar-refractivity contribution is 7.15. The van der Waals surface area contributed by atoms with Crippen LogP contribution in [0.5, 0.6) is 0 Å². The summed E-state index contributed by atoms with van der Waals surface area (Å²) in [5, 5.41) is 24.6. The summed E-state index contributed by atoms with van der Waals surface area (Å²) in [6, 6.07) is 3.98. The van der Waals surface area contributed by atoms with Gasteiger partial charge in [0, 0.05) is 24.9 Å². The lowest BCUT2D eigenvalue weighted by atomic mass is 9.81. The maximum absolute atomic E-state index is 10.6. The Hall–Kier alpha value is -3.05. The van der Waals surface area contributed by atoms with Crippen molar-refractivity contribution in [3.05, 3.63) is 35.1 Å². The van der Waals surface area contributed by atoms with Crippen molar-refractivity contribution in [2.75, 3.05) is 31.2 Å². The Morgan fingerprint density at radius 2 is 1.65 bits per heavy atom. The number of alkyl halides is 6. The van der Waals surface area contributed by atoms with Crippen LogP contribution < -0.4 is 4.90 Å². The zero-order valence-corrected chi connectivity index (χ0v) is 19.9. The first-order chi connectivity index (χ1) is 17.1. The molecule has 2 aromatic rings. The third-order valence-corrected chi connectivity index (χ3v) is 6.02. The predicted octanol–water partition coefficient (Wildman–Crippen LogP) is 3.32. The molecule has 37 heavy (non-hydrogen) atoms. The Morgan fingerprint density at radius 3 is 2.11 bits per heavy atom. The molecule has 2 saturated heterocycles. The predicted molar refractivity (Wildman–Crippen MR) is 115 cm³/mol. The number of hydrogen-bond donors (Lipinski definition) is 2. The van der Waals surface area contributed by atoms with Gasteiger partial charge < -0.3 is 24.6 Å². The van der Waals surface area contributed by atoms with E-state index in [1.165, 1.54) is 0 Å². The number of ether oxygens (including phenoxy) is 2. The summed E-state index contributed by atoms with van der Waals surface area (Å²) >= 11 is 1.64. The smallest absolute Gasteiger partial charge is 0.475 e. The van der Waals surface area contributed by atoms with Crippen LogP contribution in [0.2, 0.25) is 0 Å². The van der Waals surface area contributed by atoms with Gasteiger partial charge in [0.15, 0.2) is 0 Å². The van der Waals surface area contributed by atoms with E-state index in [1.807, 2.05) is 19.1 Å². The molecule has 0 amide bonds. The third-order valence-electron chi connectivity index (χ3n) is 5.12. The maximum Gasteiger partial charge on any atom is 0.490 e. The van der Waals surface area contributed by atoms with Crippen molar-refractivity contribution >= 4 is 28.4 Å². The summed E-state index contributed by atoms with van der Waals surface area (Å²) in [4.78, 5) is 24.1. The Bertz CT molecular complexity index is 1010. The summed E-state index contributed by atoms with van der Waals surface area (Å²) in [5.41, 5.74) is 1.10. The molecule has 0 aromatic carbocycles. The van der Waals surface area contributed by atoms with Gasteiger partial charge in [0.2, 0.25) is 5.13 Å². The van der Waals surface area contributed by atoms with Crippen LogP contribution in [0.15, 0.2) is 24.5 Å². The molecule has 4 rings (SSSR count). The fraction of sp³-hybridized carbons (Fsp3) is 0.550. The van der Waals surface area contributed by atoms with Gasteiger partial charge in [0.05, 0.1) is 26.3 Å². The number of pyridine rings is 1. The highest BCUT2D eigenvalue weighted by Gasteiger charge is 2.53. The van der Waals surface area contributed by atoms with Crippen LogP contribution in [-0.2, 0) is 25.7 Å². The molecule has 2 aliphatic rings. The number of aromatic nitrogens is 3. The number of carboxylic acid groups (broad SMARTS) is 2. The molecular formula is C20H22F6N4O6S. The molecule has 1 atom stereocenters. The van der Waals surface area contributed by atoms with Crippen molar-refractivity contribution in [3.8, 4) is 0 Å². The van der Waals surface area contributed by atoms with E-state index in [1.54, 1.807) is 23.7 Å². The van der Waals surface area contributed by atoms with Crippen LogP contribution >= 0.6 is 11.3 Å². The van der Waals surface area contributed by atoms with Crippen molar-refractivity contribution in [2.24, 2.45) is 5.92 Å². The Morgan fingerprint density at radius 1 is 1.11 bits per heavy atom. The lowest BCUT2D eigenvalue weighted by Crippen LogP contribution is -2.65. The molecule has 10 nitrogen and oxygen atoms in total. The van der Waals surface area contributed by atoms with E-state index in [9.17, 15) is 26.3 Å². The van der Waals surface area contributed by atoms with E-state index in [0.717, 1.165) is 48.4 Å². The molecule has 1 spiro atoms. The number of rotatable bonds is 5. The second-order valence-corrected chi connectivity index (χ2v) is 9.00. The van der Waals surface area contributed by atoms with E-state index in [2.05, 4.69) is 20.1 Å². The summed E-state index contributed by atoms with van der Waals surface area (Å²) in [6.45, 7) is 5.97. The monoisotopic (exact) mass is 560 g/mol. The normalized spacial score (nSPS) is 18.2. The molecule has 2 aliphatic heterocycles. The van der Waals surface area contributed by atoms with E-state index in [-0.39, 0.29) is 5.60 Å². The van der Waals surface area contributed by atoms with Crippen molar-refractivity contribution in [3.63, 3.8) is 0 Å². The fourth-order valence-electron chi connectivity index (χ4n) is 3.32. The van der Waals surface area contributed by atoms with Crippen LogP contribution in [0.3, 0.4) is 0 Å². The van der Waals surface area contributed by atoms with Gasteiger partial charge in [0.1, 0.15) is 10.6 Å². The number of aliphatic carboxylic acids is 2. The first-order valence-electron chi connectivity index (χ1n) is 10.4. The standard InChI is InChI=1S/C16H20N4O2S.2C2HF3O2/c1-12-18-19-15(23-12)20-10-16(11-20)14(4-7-22-16)9-21-8-13-2-5-17-6-3-13;2*3-2(4,5)1(6)7/h2-3,5-6,14H,4,7-11H2,1H3;2*(H,6,7). The van der Waals surface area contributed by atoms with Crippen LogP contribution in [0.25, 0.3) is 0 Å². The van der Waals surface area contributed by atoms with Gasteiger partial charge in [-0.3, -0.25) is 4.98 Å². The molecule has 2 N–H and O–H groups in total. The number of aryl methyl sites for hydroxylation is 1. The molecule has 0 radical (unpaired) electrons. The summed E-state index contributed by atoms with van der Waals surface area (Å²) in [6.07, 6.45) is -5.50. The topological polar surface area (TPSA) is 135 Å². The lowest BCUT2D eigenvalue weighted by Gasteiger charge is -2.49. The molecule has 0 saturated carbocycles. The Labute approximate surface area is 209 Å². The molecule has 0 bridgehead atoms. The molecule has 206 valence electrons. The minimum Gasteiger partial charge on any atom is -0.475 e. The number of halogens is 6. The molecular weight excluding hydrogens is 538 g/mol. The van der Waals surface area contributed by atoms with E-state index in [0.29, 0.717) is 12.5 Å². The number of carboxylic acids is 2. The van der Waals surface area contributed by atoms with Crippen LogP contribution in [0, 0.1) is 12.8 Å². The van der Waals surface area contributed by atoms with Gasteiger partial charge in [-0.1, -0.05) is 11.3 Å². The average Bonchev–Trinajstić information content (AvgIpc) is 3.39. The number of anilines is 1. The summed E-state index contributed by atoms with van der Waals surface area (Å²) in [7, 11) is 0. The molecule has 17 heteroatoms. The summed E-state index contributed by atoms with van der Waals surface area (Å²) < 4.78 is 75.5. The van der Waals surface area contributed by atoms with Gasteiger partial charge in [-0.25, -0.2) is 9.59 Å². The third kappa shape index (κ3) is 9.08. The number of nitrogens with zero attached hydrogens (tertiary/aromatic N) is 4. The summed E-state index contributed by atoms with van der Waals surface area (Å²) in [5.74, 6) is -5.06. The van der Waals surface area contributed by atoms with Gasteiger partial charge in [0.25, 0.3) is 0 Å². The van der Waals surface area contributed by atoms with E-state index >= 15 is 0 Å². The quantitative estimate of drug-likeness (QED) is 0.525. The fourth-order valence-corrected chi connectivity index (χ4v) is 4.00. The zero-order chi connectivity index (χ0) is 27.9. The second kappa shape index (κ2) is 12.5. The van der Waals surface area contributed by atoms with Gasteiger partial charge in [-0.2, -0.15) is 26.3 Å². The van der Waals surface area contributed by atoms with E-state index < -0.39 is 24.3 Å². The number of carbonyl (C=O) groups is 2. The first-order valence-corrected chi connectivity index (χ1v) is 11.2. The largest absolute Gasteiger partial charge is 0.490 e. The Kier molecular flexibility index (Phi) is 10.2. The second-order valence-electron chi connectivity index (χ2n) is 7.83. The minimum absolute atomic E-state index is 0.0577. The molecule has 2 fully saturated rings. The molecule has 0 aliphatic carbocycles. The van der Waals surface area contributed by atoms with Gasteiger partial charge >= 0.3 is 24.3 Å². The van der Waals surface area contributed by atoms with Crippen LogP contribution in [0.1, 0.15) is 17.0 Å². The zero-order valence-electron chi connectivity index (χ0n) is 19.1. The lowest BCUT2D eigenvalue weighted by molar-refractivity contribution is -0.193. The molecule has 4 heterocycles. The van der Waals surface area contributed by atoms with Crippen molar-refractivity contribution < 1.29 is 55.6 Å². The van der Waals surface area contributed by atoms with Crippen molar-refractivity contribution in [2.45, 2.75) is 37.9 Å². The minimum atomic E-state index is -5.08. The van der Waals surface area contributed by atoms with Crippen LogP contribution in [-0.4, -0.2) is 81.6 Å². The maximum atomic E-state index is 10.6.